The van der Waals surface area contributed by atoms with Gasteiger partial charge in [0.15, 0.2) is 11.5 Å². The fourth-order valence-corrected chi connectivity index (χ4v) is 6.66. The van der Waals surface area contributed by atoms with E-state index in [1.54, 1.807) is 35.2 Å². The summed E-state index contributed by atoms with van der Waals surface area (Å²) >= 11 is 6.12. The minimum Gasteiger partial charge on any atom is -0.493 e. The number of carbonyl (C=O) groups is 2. The molecule has 1 aliphatic heterocycles. The van der Waals surface area contributed by atoms with Crippen molar-refractivity contribution in [3.63, 3.8) is 0 Å². The first-order valence-electron chi connectivity index (χ1n) is 14.7. The number of hydrogen-bond donors (Lipinski definition) is 4. The van der Waals surface area contributed by atoms with E-state index in [1.807, 2.05) is 12.1 Å². The molecule has 226 valence electrons. The van der Waals surface area contributed by atoms with Gasteiger partial charge in [-0.1, -0.05) is 49.4 Å². The maximum absolute atomic E-state index is 13.9. The molecule has 0 bridgehead atoms. The summed E-state index contributed by atoms with van der Waals surface area (Å²) in [6.45, 7) is -0.223. The zero-order valence-corrected chi connectivity index (χ0v) is 24.6. The molecule has 1 heterocycles. The smallest absolute Gasteiger partial charge is 0.247 e. The van der Waals surface area contributed by atoms with Gasteiger partial charge in [-0.2, -0.15) is 0 Å². The SMILES string of the molecule is COc1cc(CO)cc2c1OC1C2C(C(=O)NCCO)=CC(N(Cc2ccc(Cl)cc2)C(=O)CCC2CCCC2)C1O. The maximum atomic E-state index is 13.9. The third kappa shape index (κ3) is 6.29. The summed E-state index contributed by atoms with van der Waals surface area (Å²) in [4.78, 5) is 29.1. The Bertz CT molecular complexity index is 1310. The summed E-state index contributed by atoms with van der Waals surface area (Å²) in [7, 11) is 1.49. The zero-order valence-electron chi connectivity index (χ0n) is 23.8. The van der Waals surface area contributed by atoms with E-state index in [-0.39, 0.29) is 32.2 Å². The van der Waals surface area contributed by atoms with Gasteiger partial charge in [-0.15, -0.1) is 0 Å². The first-order valence-corrected chi connectivity index (χ1v) is 15.0. The second kappa shape index (κ2) is 13.5. The third-order valence-electron chi connectivity index (χ3n) is 8.68. The van der Waals surface area contributed by atoms with Gasteiger partial charge < -0.3 is 35.0 Å². The Kier molecular flexibility index (Phi) is 9.73. The molecule has 4 N–H and O–H groups in total. The number of halogens is 1. The van der Waals surface area contributed by atoms with E-state index < -0.39 is 30.1 Å². The summed E-state index contributed by atoms with van der Waals surface area (Å²) in [5, 5.41) is 34.4. The Labute approximate surface area is 251 Å². The van der Waals surface area contributed by atoms with Gasteiger partial charge in [0.25, 0.3) is 0 Å². The van der Waals surface area contributed by atoms with E-state index in [9.17, 15) is 24.9 Å². The molecule has 2 aromatic carbocycles. The minimum absolute atomic E-state index is 0.0449. The van der Waals surface area contributed by atoms with Crippen LogP contribution < -0.4 is 14.8 Å². The molecular formula is C32H39ClN2O7. The zero-order chi connectivity index (χ0) is 29.8. The normalized spacial score (nSPS) is 23.0. The Morgan fingerprint density at radius 2 is 1.86 bits per heavy atom. The number of methoxy groups -OCH3 is 1. The lowest BCUT2D eigenvalue weighted by molar-refractivity contribution is -0.138. The molecule has 10 heteroatoms. The third-order valence-corrected chi connectivity index (χ3v) is 8.93. The number of carbonyl (C=O) groups excluding carboxylic acids is 2. The van der Waals surface area contributed by atoms with Gasteiger partial charge in [0, 0.05) is 35.7 Å². The van der Waals surface area contributed by atoms with E-state index in [0.29, 0.717) is 45.6 Å². The molecule has 1 saturated carbocycles. The Morgan fingerprint density at radius 3 is 2.52 bits per heavy atom. The van der Waals surface area contributed by atoms with Crippen molar-refractivity contribution in [2.45, 2.75) is 75.8 Å². The Balaban J connectivity index is 1.54. The molecule has 0 spiro atoms. The predicted molar refractivity (Wildman–Crippen MR) is 157 cm³/mol. The lowest BCUT2D eigenvalue weighted by Crippen LogP contribution is -2.55. The largest absolute Gasteiger partial charge is 0.493 e. The number of benzene rings is 2. The van der Waals surface area contributed by atoms with Crippen molar-refractivity contribution in [1.29, 1.82) is 0 Å². The monoisotopic (exact) mass is 598 g/mol. The van der Waals surface area contributed by atoms with Crippen molar-refractivity contribution in [3.05, 3.63) is 69.8 Å². The van der Waals surface area contributed by atoms with Crippen LogP contribution in [0.2, 0.25) is 5.02 Å². The Hall–Kier alpha value is -3.11. The average Bonchev–Trinajstić information content (AvgIpc) is 3.67. The summed E-state index contributed by atoms with van der Waals surface area (Å²) in [5.74, 6) is 0.0871. The van der Waals surface area contributed by atoms with Gasteiger partial charge in [0.05, 0.1) is 32.3 Å². The molecule has 5 rings (SSSR count). The van der Waals surface area contributed by atoms with Gasteiger partial charge in [-0.25, -0.2) is 0 Å². The van der Waals surface area contributed by atoms with E-state index in [1.165, 1.54) is 20.0 Å². The number of aliphatic hydroxyl groups excluding tert-OH is 3. The fraction of sp³-hybridized carbons (Fsp3) is 0.500. The standard InChI is InChI=1S/C32H39ClN2O7/c1-41-26-15-21(18-37)14-23-28-24(32(40)34-12-13-36)16-25(29(39)31(28)42-30(23)26)35(17-20-6-9-22(33)10-7-20)27(38)11-8-19-4-2-3-5-19/h6-7,9-10,14-16,19,25,28-29,31,36-37,39H,2-5,8,11-13,17-18H2,1H3,(H,34,40). The number of nitrogens with one attached hydrogen (secondary N) is 1. The van der Waals surface area contributed by atoms with Crippen LogP contribution in [0.3, 0.4) is 0 Å². The minimum atomic E-state index is -1.16. The first-order chi connectivity index (χ1) is 20.3. The molecule has 0 radical (unpaired) electrons. The van der Waals surface area contributed by atoms with Crippen LogP contribution in [0.1, 0.15) is 61.1 Å². The first kappa shape index (κ1) is 30.4. The van der Waals surface area contributed by atoms with E-state index >= 15 is 0 Å². The van der Waals surface area contributed by atoms with Crippen LogP contribution >= 0.6 is 11.6 Å². The van der Waals surface area contributed by atoms with E-state index in [4.69, 9.17) is 21.1 Å². The summed E-state index contributed by atoms with van der Waals surface area (Å²) < 4.78 is 11.9. The number of nitrogens with zero attached hydrogens (tertiary/aromatic N) is 1. The number of hydrogen-bond acceptors (Lipinski definition) is 7. The lowest BCUT2D eigenvalue weighted by atomic mass is 9.77. The maximum Gasteiger partial charge on any atom is 0.247 e. The molecule has 2 aromatic rings. The molecule has 1 fully saturated rings. The van der Waals surface area contributed by atoms with Crippen molar-refractivity contribution in [2.24, 2.45) is 5.92 Å². The molecule has 3 aliphatic rings. The molecule has 2 amide bonds. The Morgan fingerprint density at radius 1 is 1.12 bits per heavy atom. The van der Waals surface area contributed by atoms with Crippen LogP contribution in [-0.4, -0.2) is 70.5 Å². The molecule has 4 atom stereocenters. The van der Waals surface area contributed by atoms with E-state index in [2.05, 4.69) is 5.32 Å². The van der Waals surface area contributed by atoms with E-state index in [0.717, 1.165) is 24.8 Å². The second-order valence-corrected chi connectivity index (χ2v) is 11.8. The van der Waals surface area contributed by atoms with Gasteiger partial charge in [0.1, 0.15) is 12.2 Å². The van der Waals surface area contributed by atoms with Crippen LogP contribution in [0.5, 0.6) is 11.5 Å². The van der Waals surface area contributed by atoms with Crippen LogP contribution in [0.25, 0.3) is 0 Å². The highest BCUT2D eigenvalue weighted by atomic mass is 35.5. The summed E-state index contributed by atoms with van der Waals surface area (Å²) in [6.07, 6.45) is 5.35. The van der Waals surface area contributed by atoms with Crippen LogP contribution in [-0.2, 0) is 22.7 Å². The van der Waals surface area contributed by atoms with Crippen molar-refractivity contribution in [1.82, 2.24) is 10.2 Å². The fourth-order valence-electron chi connectivity index (χ4n) is 6.54. The molecule has 0 saturated heterocycles. The highest BCUT2D eigenvalue weighted by Crippen LogP contribution is 2.51. The number of ether oxygens (including phenoxy) is 2. The molecule has 4 unspecified atom stereocenters. The number of fused-ring (bicyclic) bond motifs is 3. The van der Waals surface area contributed by atoms with Crippen LogP contribution in [0.4, 0.5) is 0 Å². The quantitative estimate of drug-likeness (QED) is 0.312. The molecule has 42 heavy (non-hydrogen) atoms. The molecule has 0 aromatic heterocycles. The van der Waals surface area contributed by atoms with Crippen molar-refractivity contribution in [2.75, 3.05) is 20.3 Å². The number of aliphatic hydroxyl groups is 3. The lowest BCUT2D eigenvalue weighted by Gasteiger charge is -2.41. The average molecular weight is 599 g/mol. The molecular weight excluding hydrogens is 560 g/mol. The molecule has 9 nitrogen and oxygen atoms in total. The second-order valence-electron chi connectivity index (χ2n) is 11.4. The topological polar surface area (TPSA) is 129 Å². The van der Waals surface area contributed by atoms with Gasteiger partial charge in [-0.3, -0.25) is 9.59 Å². The van der Waals surface area contributed by atoms with Gasteiger partial charge in [0.2, 0.25) is 11.8 Å². The highest BCUT2D eigenvalue weighted by Gasteiger charge is 2.51. The summed E-state index contributed by atoms with van der Waals surface area (Å²) in [5.41, 5.74) is 2.35. The molecule has 2 aliphatic carbocycles. The van der Waals surface area contributed by atoms with Crippen molar-refractivity contribution < 1.29 is 34.4 Å². The van der Waals surface area contributed by atoms with Gasteiger partial charge >= 0.3 is 0 Å². The number of amides is 2. The van der Waals surface area contributed by atoms with Crippen LogP contribution in [0, 0.1) is 5.92 Å². The predicted octanol–water partition coefficient (Wildman–Crippen LogP) is 3.46. The van der Waals surface area contributed by atoms with Crippen molar-refractivity contribution >= 4 is 23.4 Å². The number of rotatable bonds is 11. The highest BCUT2D eigenvalue weighted by molar-refractivity contribution is 6.30. The van der Waals surface area contributed by atoms with Gasteiger partial charge in [-0.05, 0) is 53.8 Å². The van der Waals surface area contributed by atoms with Crippen LogP contribution in [0.15, 0.2) is 48.0 Å². The summed E-state index contributed by atoms with van der Waals surface area (Å²) in [6, 6.07) is 9.77. The van der Waals surface area contributed by atoms with Crippen molar-refractivity contribution in [3.8, 4) is 11.5 Å².